The first-order valence-electron chi connectivity index (χ1n) is 8.87. The Kier molecular flexibility index (Phi) is 4.76. The summed E-state index contributed by atoms with van der Waals surface area (Å²) in [6.45, 7) is 7.33. The van der Waals surface area contributed by atoms with Crippen molar-refractivity contribution in [1.82, 2.24) is 15.2 Å². The normalized spacial score (nSPS) is 23.7. The lowest BCUT2D eigenvalue weighted by atomic mass is 9.87. The lowest BCUT2D eigenvalue weighted by Crippen LogP contribution is -2.41. The van der Waals surface area contributed by atoms with Gasteiger partial charge in [-0.15, -0.1) is 11.3 Å². The first kappa shape index (κ1) is 16.6. The molecule has 0 amide bonds. The molecule has 2 aliphatic heterocycles. The van der Waals surface area contributed by atoms with Gasteiger partial charge in [0, 0.05) is 31.7 Å². The minimum absolute atomic E-state index is 0.330. The molecule has 6 nitrogen and oxygen atoms in total. The molecule has 2 saturated heterocycles. The van der Waals surface area contributed by atoms with Gasteiger partial charge in [0.15, 0.2) is 5.96 Å². The van der Waals surface area contributed by atoms with Gasteiger partial charge in [0.25, 0.3) is 0 Å². The average molecular weight is 360 g/mol. The summed E-state index contributed by atoms with van der Waals surface area (Å²) in [6, 6.07) is 4.02. The van der Waals surface area contributed by atoms with Crippen LogP contribution in [0.2, 0.25) is 0 Å². The standard InChI is InChI=1S/C18H24N4O2S/c1-2-19-17(22-7-5-18(12-22)6-8-23-13-18)20-10-14-11-24-16(21-14)15-4-3-9-25-15/h3-4,9,11H,2,5-8,10,12-13H2,1H3,(H,19,20). The number of guanidine groups is 1. The number of nitrogens with zero attached hydrogens (tertiary/aromatic N) is 3. The highest BCUT2D eigenvalue weighted by molar-refractivity contribution is 7.13. The number of aromatic nitrogens is 1. The van der Waals surface area contributed by atoms with E-state index in [9.17, 15) is 0 Å². The maximum Gasteiger partial charge on any atom is 0.236 e. The van der Waals surface area contributed by atoms with Gasteiger partial charge in [-0.2, -0.15) is 0 Å². The molecule has 2 fully saturated rings. The topological polar surface area (TPSA) is 62.9 Å². The molecule has 1 N–H and O–H groups in total. The summed E-state index contributed by atoms with van der Waals surface area (Å²) in [4.78, 5) is 12.7. The molecular weight excluding hydrogens is 336 g/mol. The first-order chi connectivity index (χ1) is 12.3. The van der Waals surface area contributed by atoms with Crippen LogP contribution in [-0.4, -0.2) is 48.7 Å². The van der Waals surface area contributed by atoms with Gasteiger partial charge in [-0.05, 0) is 31.2 Å². The molecule has 1 spiro atoms. The zero-order valence-electron chi connectivity index (χ0n) is 14.5. The fourth-order valence-electron chi connectivity index (χ4n) is 3.56. The lowest BCUT2D eigenvalue weighted by molar-refractivity contribution is 0.156. The molecule has 1 atom stereocenters. The van der Waals surface area contributed by atoms with E-state index in [0.717, 1.165) is 55.8 Å². The Hall–Kier alpha value is -1.86. The van der Waals surface area contributed by atoms with E-state index in [2.05, 4.69) is 22.1 Å². The predicted molar refractivity (Wildman–Crippen MR) is 98.7 cm³/mol. The molecule has 134 valence electrons. The molecule has 4 rings (SSSR count). The zero-order chi connectivity index (χ0) is 17.1. The number of likely N-dealkylation sites (tertiary alicyclic amines) is 1. The zero-order valence-corrected chi connectivity index (χ0v) is 15.3. The van der Waals surface area contributed by atoms with Gasteiger partial charge in [0.2, 0.25) is 5.89 Å². The van der Waals surface area contributed by atoms with Crippen molar-refractivity contribution in [1.29, 1.82) is 0 Å². The summed E-state index contributed by atoms with van der Waals surface area (Å²) in [5, 5.41) is 5.44. The van der Waals surface area contributed by atoms with Crippen molar-refractivity contribution in [3.05, 3.63) is 29.5 Å². The van der Waals surface area contributed by atoms with Crippen molar-refractivity contribution in [3.8, 4) is 10.8 Å². The molecule has 0 aromatic carbocycles. The fourth-order valence-corrected chi connectivity index (χ4v) is 4.22. The highest BCUT2D eigenvalue weighted by Gasteiger charge is 2.42. The third-order valence-corrected chi connectivity index (χ3v) is 5.79. The molecular formula is C18H24N4O2S. The summed E-state index contributed by atoms with van der Waals surface area (Å²) in [5.74, 6) is 1.64. The number of aliphatic imine (C=N–C) groups is 1. The number of hydrogen-bond acceptors (Lipinski definition) is 5. The van der Waals surface area contributed by atoms with Crippen molar-refractivity contribution in [3.63, 3.8) is 0 Å². The number of rotatable bonds is 4. The van der Waals surface area contributed by atoms with E-state index < -0.39 is 0 Å². The van der Waals surface area contributed by atoms with Crippen molar-refractivity contribution >= 4 is 17.3 Å². The average Bonchev–Trinajstić information content (AvgIpc) is 3.40. The van der Waals surface area contributed by atoms with Crippen LogP contribution in [0.15, 0.2) is 33.2 Å². The quantitative estimate of drug-likeness (QED) is 0.671. The molecule has 0 radical (unpaired) electrons. The van der Waals surface area contributed by atoms with E-state index in [0.29, 0.717) is 17.9 Å². The molecule has 2 aromatic heterocycles. The molecule has 7 heteroatoms. The minimum atomic E-state index is 0.330. The molecule has 0 saturated carbocycles. The summed E-state index contributed by atoms with van der Waals surface area (Å²) in [7, 11) is 0. The summed E-state index contributed by atoms with van der Waals surface area (Å²) >= 11 is 1.63. The summed E-state index contributed by atoms with van der Waals surface area (Å²) < 4.78 is 11.2. The van der Waals surface area contributed by atoms with Gasteiger partial charge in [-0.1, -0.05) is 6.07 Å². The van der Waals surface area contributed by atoms with Crippen LogP contribution in [0.5, 0.6) is 0 Å². The van der Waals surface area contributed by atoms with E-state index >= 15 is 0 Å². The molecule has 0 bridgehead atoms. The Morgan fingerprint density at radius 2 is 2.44 bits per heavy atom. The monoisotopic (exact) mass is 360 g/mol. The Morgan fingerprint density at radius 1 is 1.48 bits per heavy atom. The van der Waals surface area contributed by atoms with Crippen LogP contribution in [0.4, 0.5) is 0 Å². The molecule has 2 aliphatic rings. The maximum absolute atomic E-state index is 5.63. The fraction of sp³-hybridized carbons (Fsp3) is 0.556. The molecule has 0 aliphatic carbocycles. The maximum atomic E-state index is 5.63. The molecule has 2 aromatic rings. The molecule has 25 heavy (non-hydrogen) atoms. The van der Waals surface area contributed by atoms with E-state index in [-0.39, 0.29) is 0 Å². The van der Waals surface area contributed by atoms with E-state index in [1.165, 1.54) is 6.42 Å². The Balaban J connectivity index is 1.44. The van der Waals surface area contributed by atoms with Crippen molar-refractivity contribution < 1.29 is 9.15 Å². The van der Waals surface area contributed by atoms with Crippen LogP contribution in [0, 0.1) is 5.41 Å². The first-order valence-corrected chi connectivity index (χ1v) is 9.75. The van der Waals surface area contributed by atoms with Crippen LogP contribution in [-0.2, 0) is 11.3 Å². The van der Waals surface area contributed by atoms with Gasteiger partial charge in [-0.25, -0.2) is 9.98 Å². The Morgan fingerprint density at radius 3 is 3.20 bits per heavy atom. The Bertz CT molecular complexity index is 719. The van der Waals surface area contributed by atoms with Gasteiger partial charge in [0.1, 0.15) is 12.0 Å². The Labute approximate surface area is 151 Å². The van der Waals surface area contributed by atoms with Crippen molar-refractivity contribution in [2.24, 2.45) is 10.4 Å². The van der Waals surface area contributed by atoms with Gasteiger partial charge in [-0.3, -0.25) is 0 Å². The van der Waals surface area contributed by atoms with Crippen LogP contribution < -0.4 is 5.32 Å². The minimum Gasteiger partial charge on any atom is -0.443 e. The summed E-state index contributed by atoms with van der Waals surface area (Å²) in [5.41, 5.74) is 1.19. The molecule has 1 unspecified atom stereocenters. The van der Waals surface area contributed by atoms with E-state index in [1.807, 2.05) is 17.5 Å². The summed E-state index contributed by atoms with van der Waals surface area (Å²) in [6.07, 6.45) is 4.05. The largest absolute Gasteiger partial charge is 0.443 e. The lowest BCUT2D eigenvalue weighted by Gasteiger charge is -2.24. The van der Waals surface area contributed by atoms with Gasteiger partial charge < -0.3 is 19.4 Å². The second kappa shape index (κ2) is 7.17. The van der Waals surface area contributed by atoms with Gasteiger partial charge in [0.05, 0.1) is 18.0 Å². The third-order valence-electron chi connectivity index (χ3n) is 4.93. The van der Waals surface area contributed by atoms with Crippen molar-refractivity contribution in [2.75, 3.05) is 32.8 Å². The number of hydrogen-bond donors (Lipinski definition) is 1. The van der Waals surface area contributed by atoms with Crippen LogP contribution in [0.3, 0.4) is 0 Å². The second-order valence-corrected chi connectivity index (χ2v) is 7.71. The van der Waals surface area contributed by atoms with Crippen LogP contribution >= 0.6 is 11.3 Å². The van der Waals surface area contributed by atoms with E-state index in [1.54, 1.807) is 17.6 Å². The number of nitrogens with one attached hydrogen (secondary N) is 1. The smallest absolute Gasteiger partial charge is 0.236 e. The highest BCUT2D eigenvalue weighted by atomic mass is 32.1. The number of ether oxygens (including phenoxy) is 1. The van der Waals surface area contributed by atoms with Crippen LogP contribution in [0.1, 0.15) is 25.5 Å². The highest BCUT2D eigenvalue weighted by Crippen LogP contribution is 2.38. The predicted octanol–water partition coefficient (Wildman–Crippen LogP) is 2.98. The van der Waals surface area contributed by atoms with E-state index in [4.69, 9.17) is 14.1 Å². The van der Waals surface area contributed by atoms with Crippen molar-refractivity contribution in [2.45, 2.75) is 26.3 Å². The molecule has 4 heterocycles. The number of thiophene rings is 1. The number of oxazole rings is 1. The van der Waals surface area contributed by atoms with Gasteiger partial charge >= 0.3 is 0 Å². The van der Waals surface area contributed by atoms with Crippen LogP contribution in [0.25, 0.3) is 10.8 Å². The SMILES string of the molecule is CCNC(=NCc1coc(-c2cccs2)n1)N1CCC2(CCOC2)C1. The third kappa shape index (κ3) is 3.57. The second-order valence-electron chi connectivity index (χ2n) is 6.77.